The number of benzene rings is 2. The van der Waals surface area contributed by atoms with Gasteiger partial charge in [-0.2, -0.15) is 0 Å². The lowest BCUT2D eigenvalue weighted by Gasteiger charge is -2.18. The van der Waals surface area contributed by atoms with Gasteiger partial charge in [-0.25, -0.2) is 0 Å². The maximum atomic E-state index is 12.6. The van der Waals surface area contributed by atoms with Crippen molar-refractivity contribution in [2.45, 2.75) is 26.2 Å². The summed E-state index contributed by atoms with van der Waals surface area (Å²) in [6, 6.07) is 15.1. The van der Waals surface area contributed by atoms with E-state index in [-0.39, 0.29) is 16.8 Å². The third kappa shape index (κ3) is 4.49. The first-order valence-electron chi connectivity index (χ1n) is 8.98. The van der Waals surface area contributed by atoms with E-state index in [4.69, 9.17) is 4.74 Å². The minimum atomic E-state index is -0.224. The molecule has 0 aliphatic carbocycles. The summed E-state index contributed by atoms with van der Waals surface area (Å²) in [6.45, 7) is 6.39. The third-order valence-corrected chi connectivity index (χ3v) is 5.37. The van der Waals surface area contributed by atoms with Crippen LogP contribution in [0.1, 0.15) is 42.3 Å². The molecule has 0 amide bonds. The van der Waals surface area contributed by atoms with Gasteiger partial charge in [0.15, 0.2) is 5.78 Å². The quantitative estimate of drug-likeness (QED) is 0.693. The number of hydrogen-bond donors (Lipinski definition) is 1. The summed E-state index contributed by atoms with van der Waals surface area (Å²) in [7, 11) is 1.59. The van der Waals surface area contributed by atoms with E-state index in [1.807, 2.05) is 48.5 Å². The molecular formula is C23H23NO3S. The fraction of sp³-hybridized carbons (Fsp3) is 0.217. The number of ether oxygens (including phenoxy) is 1. The zero-order valence-corrected chi connectivity index (χ0v) is 17.2. The van der Waals surface area contributed by atoms with E-state index in [1.165, 1.54) is 23.0 Å². The lowest BCUT2D eigenvalue weighted by atomic mass is 9.86. The predicted molar refractivity (Wildman–Crippen MR) is 115 cm³/mol. The lowest BCUT2D eigenvalue weighted by Crippen LogP contribution is -2.20. The number of Topliss-reactive ketones (excluding diaryl/α,β-unsaturated/α-hetero) is 1. The van der Waals surface area contributed by atoms with E-state index >= 15 is 0 Å². The standard InChI is InChI=1S/C23H23NO3S/c1-23(2,3)17-11-9-15(10-12-17)18(25)14-21-24-22(26)20(28-21)13-16-7-5-6-8-19(16)27-4/h5-14H,1-4H3,(H,24,26)/b20-13-,21-14-. The largest absolute Gasteiger partial charge is 0.496 e. The highest BCUT2D eigenvalue weighted by molar-refractivity contribution is 7.07. The number of thiazole rings is 1. The maximum absolute atomic E-state index is 12.6. The number of aromatic nitrogens is 1. The first kappa shape index (κ1) is 19.8. The van der Waals surface area contributed by atoms with Crippen molar-refractivity contribution < 1.29 is 9.53 Å². The Kier molecular flexibility index (Phi) is 5.66. The minimum absolute atomic E-state index is 0.0352. The van der Waals surface area contributed by atoms with E-state index in [2.05, 4.69) is 25.8 Å². The Morgan fingerprint density at radius 3 is 2.39 bits per heavy atom. The normalized spacial score (nSPS) is 13.0. The molecule has 1 aromatic heterocycles. The van der Waals surface area contributed by atoms with Crippen molar-refractivity contribution in [1.82, 2.24) is 4.98 Å². The van der Waals surface area contributed by atoms with Crippen LogP contribution in [-0.4, -0.2) is 17.9 Å². The maximum Gasteiger partial charge on any atom is 0.266 e. The van der Waals surface area contributed by atoms with Crippen molar-refractivity contribution in [2.24, 2.45) is 0 Å². The molecule has 3 aromatic rings. The van der Waals surface area contributed by atoms with E-state index in [0.717, 1.165) is 5.56 Å². The number of carbonyl (C=O) groups excluding carboxylic acids is 1. The number of aromatic amines is 1. The third-order valence-electron chi connectivity index (χ3n) is 4.40. The highest BCUT2D eigenvalue weighted by Gasteiger charge is 2.13. The summed E-state index contributed by atoms with van der Waals surface area (Å²) in [5, 5.41) is 0. The Morgan fingerprint density at radius 1 is 1.07 bits per heavy atom. The Labute approximate surface area is 167 Å². The molecule has 0 saturated heterocycles. The van der Waals surface area contributed by atoms with Crippen LogP contribution in [0.3, 0.4) is 0 Å². The van der Waals surface area contributed by atoms with E-state index in [0.29, 0.717) is 20.5 Å². The molecule has 0 radical (unpaired) electrons. The average molecular weight is 394 g/mol. The number of hydrogen-bond acceptors (Lipinski definition) is 4. The second-order valence-electron chi connectivity index (χ2n) is 7.51. The zero-order valence-electron chi connectivity index (χ0n) is 16.4. The van der Waals surface area contributed by atoms with Crippen molar-refractivity contribution in [3.8, 4) is 5.75 Å². The molecular weight excluding hydrogens is 370 g/mol. The molecule has 0 fully saturated rings. The van der Waals surface area contributed by atoms with Gasteiger partial charge in [-0.05, 0) is 23.1 Å². The average Bonchev–Trinajstić information content (AvgIpc) is 3.00. The van der Waals surface area contributed by atoms with Gasteiger partial charge in [-0.15, -0.1) is 11.3 Å². The second-order valence-corrected chi connectivity index (χ2v) is 8.59. The van der Waals surface area contributed by atoms with Crippen molar-refractivity contribution >= 4 is 29.3 Å². The van der Waals surface area contributed by atoms with Gasteiger partial charge in [0, 0.05) is 17.2 Å². The molecule has 2 aromatic carbocycles. The Morgan fingerprint density at radius 2 is 1.75 bits per heavy atom. The van der Waals surface area contributed by atoms with E-state index < -0.39 is 0 Å². The molecule has 3 rings (SSSR count). The molecule has 0 aliphatic heterocycles. The van der Waals surface area contributed by atoms with E-state index in [1.54, 1.807) is 13.2 Å². The number of H-pyrrole nitrogens is 1. The summed E-state index contributed by atoms with van der Waals surface area (Å²) < 4.78 is 6.36. The number of rotatable bonds is 4. The number of ketones is 1. The monoisotopic (exact) mass is 393 g/mol. The van der Waals surface area contributed by atoms with Crippen LogP contribution in [0.15, 0.2) is 53.3 Å². The first-order valence-corrected chi connectivity index (χ1v) is 9.80. The summed E-state index contributed by atoms with van der Waals surface area (Å²) >= 11 is 1.25. The van der Waals surface area contributed by atoms with Crippen LogP contribution in [0, 0.1) is 0 Å². The molecule has 0 saturated carbocycles. The van der Waals surface area contributed by atoms with Gasteiger partial charge >= 0.3 is 0 Å². The van der Waals surface area contributed by atoms with Crippen LogP contribution < -0.4 is 19.5 Å². The summed E-state index contributed by atoms with van der Waals surface area (Å²) in [6.07, 6.45) is 3.24. The molecule has 4 nitrogen and oxygen atoms in total. The summed E-state index contributed by atoms with van der Waals surface area (Å²) in [4.78, 5) is 27.6. The predicted octanol–water partition coefficient (Wildman–Crippen LogP) is 3.23. The fourth-order valence-electron chi connectivity index (χ4n) is 2.79. The van der Waals surface area contributed by atoms with Crippen LogP contribution in [0.25, 0.3) is 12.2 Å². The highest BCUT2D eigenvalue weighted by Crippen LogP contribution is 2.22. The Bertz CT molecular complexity index is 1160. The van der Waals surface area contributed by atoms with Crippen molar-refractivity contribution in [3.63, 3.8) is 0 Å². The molecule has 5 heteroatoms. The van der Waals surface area contributed by atoms with Crippen LogP contribution >= 0.6 is 11.3 Å². The molecule has 28 heavy (non-hydrogen) atoms. The smallest absolute Gasteiger partial charge is 0.266 e. The van der Waals surface area contributed by atoms with Crippen LogP contribution in [-0.2, 0) is 5.41 Å². The van der Waals surface area contributed by atoms with Crippen molar-refractivity contribution in [3.05, 3.63) is 84.8 Å². The zero-order chi connectivity index (χ0) is 20.3. The Balaban J connectivity index is 1.94. The van der Waals surface area contributed by atoms with Gasteiger partial charge in [0.05, 0.1) is 16.3 Å². The topological polar surface area (TPSA) is 59.2 Å². The van der Waals surface area contributed by atoms with Crippen molar-refractivity contribution in [1.29, 1.82) is 0 Å². The van der Waals surface area contributed by atoms with Crippen LogP contribution in [0.2, 0.25) is 0 Å². The fourth-order valence-corrected chi connectivity index (χ4v) is 3.66. The molecule has 0 atom stereocenters. The summed E-state index contributed by atoms with van der Waals surface area (Å²) in [5.74, 6) is 0.553. The second kappa shape index (κ2) is 7.98. The van der Waals surface area contributed by atoms with Crippen LogP contribution in [0.5, 0.6) is 5.75 Å². The van der Waals surface area contributed by atoms with Crippen molar-refractivity contribution in [2.75, 3.05) is 7.11 Å². The SMILES string of the molecule is COc1ccccc1/C=c1\s/c(=C\C(=O)c2ccc(C(C)(C)C)cc2)[nH]c1=O. The molecule has 1 N–H and O–H groups in total. The summed E-state index contributed by atoms with van der Waals surface area (Å²) in [5.41, 5.74) is 2.39. The minimum Gasteiger partial charge on any atom is -0.496 e. The van der Waals surface area contributed by atoms with Gasteiger partial charge in [0.1, 0.15) is 5.75 Å². The molecule has 0 bridgehead atoms. The lowest BCUT2D eigenvalue weighted by molar-refractivity contribution is 0.106. The number of methoxy groups -OCH3 is 1. The van der Waals surface area contributed by atoms with Crippen LogP contribution in [0.4, 0.5) is 0 Å². The molecule has 0 spiro atoms. The molecule has 1 heterocycles. The van der Waals surface area contributed by atoms with Gasteiger partial charge in [-0.1, -0.05) is 63.2 Å². The number of para-hydroxylation sites is 1. The number of nitrogens with one attached hydrogen (secondary N) is 1. The molecule has 0 unspecified atom stereocenters. The Hall–Kier alpha value is -2.92. The molecule has 144 valence electrons. The van der Waals surface area contributed by atoms with Gasteiger partial charge in [0.2, 0.25) is 0 Å². The van der Waals surface area contributed by atoms with Gasteiger partial charge in [-0.3, -0.25) is 9.59 Å². The van der Waals surface area contributed by atoms with E-state index in [9.17, 15) is 9.59 Å². The number of carbonyl (C=O) groups is 1. The first-order chi connectivity index (χ1) is 13.3. The highest BCUT2D eigenvalue weighted by atomic mass is 32.1. The van der Waals surface area contributed by atoms with Gasteiger partial charge < -0.3 is 9.72 Å². The molecule has 0 aliphatic rings. The van der Waals surface area contributed by atoms with Gasteiger partial charge in [0.25, 0.3) is 5.56 Å².